The van der Waals surface area contributed by atoms with Gasteiger partial charge in [0.25, 0.3) is 0 Å². The molecule has 2 aromatic rings. The Morgan fingerprint density at radius 1 is 0.714 bits per heavy atom. The number of rotatable bonds is 4. The number of hydrogen-bond acceptors (Lipinski definition) is 4. The molecule has 28 heavy (non-hydrogen) atoms. The van der Waals surface area contributed by atoms with Gasteiger partial charge in [-0.3, -0.25) is 9.59 Å². The van der Waals surface area contributed by atoms with Crippen molar-refractivity contribution in [2.75, 3.05) is 0 Å². The largest absolute Gasteiger partial charge is 0.426 e. The van der Waals surface area contributed by atoms with Crippen molar-refractivity contribution in [1.29, 1.82) is 0 Å². The van der Waals surface area contributed by atoms with Crippen molar-refractivity contribution in [2.45, 2.75) is 38.5 Å². The fourth-order valence-electron chi connectivity index (χ4n) is 4.83. The molecule has 0 saturated heterocycles. The first-order valence-electron chi connectivity index (χ1n) is 10.2. The Morgan fingerprint density at radius 3 is 1.93 bits per heavy atom. The quantitative estimate of drug-likeness (QED) is 0.553. The van der Waals surface area contributed by atoms with Gasteiger partial charge in [-0.2, -0.15) is 0 Å². The molecule has 0 aromatic heterocycles. The van der Waals surface area contributed by atoms with Crippen molar-refractivity contribution in [2.24, 2.45) is 23.7 Å². The summed E-state index contributed by atoms with van der Waals surface area (Å²) in [6.45, 7) is 0. The Morgan fingerprint density at radius 2 is 1.29 bits per heavy atom. The number of esters is 2. The molecule has 4 atom stereocenters. The standard InChI is InChI=1S/C24H26O4/c25-23(27-19-10-3-1-4-11-19)18-15-17-9-7-8-14-21(17)22(16-18)24(26)28-20-12-5-2-6-13-20/h1-6,10-13,17-18,21-22H,7-9,14-16H2. The van der Waals surface area contributed by atoms with E-state index in [-0.39, 0.29) is 23.8 Å². The second-order valence-electron chi connectivity index (χ2n) is 7.95. The molecule has 2 fully saturated rings. The van der Waals surface area contributed by atoms with E-state index < -0.39 is 0 Å². The van der Waals surface area contributed by atoms with E-state index in [4.69, 9.17) is 9.47 Å². The van der Waals surface area contributed by atoms with Crippen LogP contribution in [0.2, 0.25) is 0 Å². The van der Waals surface area contributed by atoms with Crippen molar-refractivity contribution in [3.63, 3.8) is 0 Å². The highest BCUT2D eigenvalue weighted by Gasteiger charge is 2.45. The number of ether oxygens (including phenoxy) is 2. The lowest BCUT2D eigenvalue weighted by molar-refractivity contribution is -0.150. The molecular formula is C24H26O4. The average molecular weight is 378 g/mol. The van der Waals surface area contributed by atoms with Crippen LogP contribution in [0.15, 0.2) is 60.7 Å². The lowest BCUT2D eigenvalue weighted by Crippen LogP contribution is -2.43. The Balaban J connectivity index is 1.49. The van der Waals surface area contributed by atoms with E-state index in [1.807, 2.05) is 36.4 Å². The van der Waals surface area contributed by atoms with Crippen LogP contribution in [0.25, 0.3) is 0 Å². The van der Waals surface area contributed by atoms with E-state index in [1.54, 1.807) is 24.3 Å². The third-order valence-electron chi connectivity index (χ3n) is 6.17. The van der Waals surface area contributed by atoms with Gasteiger partial charge >= 0.3 is 11.9 Å². The van der Waals surface area contributed by atoms with Gasteiger partial charge in [0, 0.05) is 0 Å². The van der Waals surface area contributed by atoms with Gasteiger partial charge in [-0.1, -0.05) is 55.7 Å². The first-order valence-corrected chi connectivity index (χ1v) is 10.2. The molecule has 0 bridgehead atoms. The van der Waals surface area contributed by atoms with Crippen LogP contribution in [0.4, 0.5) is 0 Å². The van der Waals surface area contributed by atoms with Gasteiger partial charge < -0.3 is 9.47 Å². The van der Waals surface area contributed by atoms with Crippen molar-refractivity contribution in [1.82, 2.24) is 0 Å². The number of fused-ring (bicyclic) bond motifs is 1. The predicted molar refractivity (Wildman–Crippen MR) is 106 cm³/mol. The molecule has 2 aromatic carbocycles. The Hall–Kier alpha value is -2.62. The summed E-state index contributed by atoms with van der Waals surface area (Å²) < 4.78 is 11.2. The zero-order chi connectivity index (χ0) is 19.3. The summed E-state index contributed by atoms with van der Waals surface area (Å²) in [5.74, 6) is 0.888. The van der Waals surface area contributed by atoms with Crippen LogP contribution >= 0.6 is 0 Å². The normalized spacial score (nSPS) is 26.7. The summed E-state index contributed by atoms with van der Waals surface area (Å²) in [6, 6.07) is 18.3. The SMILES string of the molecule is O=C(Oc1ccccc1)C1CC2CCCCC2C(C(=O)Oc2ccccc2)C1. The highest BCUT2D eigenvalue weighted by Crippen LogP contribution is 2.46. The summed E-state index contributed by atoms with van der Waals surface area (Å²) in [5.41, 5.74) is 0. The van der Waals surface area contributed by atoms with E-state index >= 15 is 0 Å². The topological polar surface area (TPSA) is 52.6 Å². The first-order chi connectivity index (χ1) is 13.7. The fraction of sp³-hybridized carbons (Fsp3) is 0.417. The zero-order valence-corrected chi connectivity index (χ0v) is 16.0. The van der Waals surface area contributed by atoms with Crippen LogP contribution in [-0.4, -0.2) is 11.9 Å². The van der Waals surface area contributed by atoms with Gasteiger partial charge in [-0.15, -0.1) is 0 Å². The molecule has 2 saturated carbocycles. The molecule has 146 valence electrons. The molecule has 0 spiro atoms. The van der Waals surface area contributed by atoms with Crippen LogP contribution in [-0.2, 0) is 9.59 Å². The number of para-hydroxylation sites is 2. The second-order valence-corrected chi connectivity index (χ2v) is 7.95. The Bertz CT molecular complexity index is 802. The van der Waals surface area contributed by atoms with Crippen molar-refractivity contribution >= 4 is 11.9 Å². The number of hydrogen-bond donors (Lipinski definition) is 0. The van der Waals surface area contributed by atoms with Crippen LogP contribution in [0.5, 0.6) is 11.5 Å². The van der Waals surface area contributed by atoms with Crippen LogP contribution < -0.4 is 9.47 Å². The molecule has 0 amide bonds. The molecule has 0 heterocycles. The second kappa shape index (κ2) is 8.59. The van der Waals surface area contributed by atoms with E-state index in [2.05, 4.69) is 0 Å². The summed E-state index contributed by atoms with van der Waals surface area (Å²) in [5, 5.41) is 0. The van der Waals surface area contributed by atoms with E-state index in [0.29, 0.717) is 29.8 Å². The third kappa shape index (κ3) is 4.27. The minimum absolute atomic E-state index is 0.208. The first kappa shape index (κ1) is 18.7. The van der Waals surface area contributed by atoms with Crippen LogP contribution in [0.1, 0.15) is 38.5 Å². The maximum absolute atomic E-state index is 13.0. The maximum Gasteiger partial charge on any atom is 0.314 e. The lowest BCUT2D eigenvalue weighted by atomic mass is 9.62. The highest BCUT2D eigenvalue weighted by molar-refractivity contribution is 5.79. The van der Waals surface area contributed by atoms with E-state index in [0.717, 1.165) is 25.7 Å². The Labute approximate surface area is 165 Å². The van der Waals surface area contributed by atoms with Gasteiger partial charge in [0.1, 0.15) is 11.5 Å². The summed E-state index contributed by atoms with van der Waals surface area (Å²) in [7, 11) is 0. The molecule has 0 radical (unpaired) electrons. The minimum Gasteiger partial charge on any atom is -0.426 e. The number of carbonyl (C=O) groups excluding carboxylic acids is 2. The predicted octanol–water partition coefficient (Wildman–Crippen LogP) is 5.03. The minimum atomic E-state index is -0.257. The average Bonchev–Trinajstić information content (AvgIpc) is 2.74. The monoisotopic (exact) mass is 378 g/mol. The van der Waals surface area contributed by atoms with Crippen molar-refractivity contribution < 1.29 is 19.1 Å². The molecule has 4 nitrogen and oxygen atoms in total. The summed E-state index contributed by atoms with van der Waals surface area (Å²) >= 11 is 0. The molecular weight excluding hydrogens is 352 g/mol. The molecule has 0 aliphatic heterocycles. The molecule has 2 aliphatic carbocycles. The molecule has 4 unspecified atom stereocenters. The fourth-order valence-corrected chi connectivity index (χ4v) is 4.83. The van der Waals surface area contributed by atoms with Gasteiger partial charge in [0.05, 0.1) is 11.8 Å². The van der Waals surface area contributed by atoms with Crippen LogP contribution in [0, 0.1) is 23.7 Å². The number of benzene rings is 2. The maximum atomic E-state index is 13.0. The highest BCUT2D eigenvalue weighted by atomic mass is 16.5. The zero-order valence-electron chi connectivity index (χ0n) is 16.0. The van der Waals surface area contributed by atoms with Gasteiger partial charge in [0.2, 0.25) is 0 Å². The van der Waals surface area contributed by atoms with Gasteiger partial charge in [-0.25, -0.2) is 0 Å². The smallest absolute Gasteiger partial charge is 0.314 e. The van der Waals surface area contributed by atoms with Crippen molar-refractivity contribution in [3.05, 3.63) is 60.7 Å². The third-order valence-corrected chi connectivity index (χ3v) is 6.17. The molecule has 4 heteroatoms. The van der Waals surface area contributed by atoms with Gasteiger partial charge in [-0.05, 0) is 55.4 Å². The number of carbonyl (C=O) groups is 2. The molecule has 4 rings (SSSR count). The summed E-state index contributed by atoms with van der Waals surface area (Å²) in [6.07, 6.45) is 5.76. The van der Waals surface area contributed by atoms with Crippen molar-refractivity contribution in [3.8, 4) is 11.5 Å². The van der Waals surface area contributed by atoms with E-state index in [1.165, 1.54) is 6.42 Å². The molecule has 2 aliphatic rings. The summed E-state index contributed by atoms with van der Waals surface area (Å²) in [4.78, 5) is 25.8. The van der Waals surface area contributed by atoms with E-state index in [9.17, 15) is 9.59 Å². The van der Waals surface area contributed by atoms with Gasteiger partial charge in [0.15, 0.2) is 0 Å². The molecule has 0 N–H and O–H groups in total. The van der Waals surface area contributed by atoms with Crippen LogP contribution in [0.3, 0.4) is 0 Å². The lowest BCUT2D eigenvalue weighted by Gasteiger charge is -2.42. The Kier molecular flexibility index (Phi) is 5.75.